The van der Waals surface area contributed by atoms with Gasteiger partial charge in [-0.1, -0.05) is 6.92 Å². The average Bonchev–Trinajstić information content (AvgIpc) is 2.03. The Hall–Kier alpha value is -0.970. The zero-order valence-electron chi connectivity index (χ0n) is 7.01. The normalized spacial score (nSPS) is 15.3. The topological polar surface area (TPSA) is 40.9 Å². The van der Waals surface area contributed by atoms with Crippen molar-refractivity contribution in [1.82, 2.24) is 0 Å². The van der Waals surface area contributed by atoms with E-state index in [4.69, 9.17) is 4.78 Å². The second kappa shape index (κ2) is 3.41. The molecule has 1 aromatic carbocycles. The summed E-state index contributed by atoms with van der Waals surface area (Å²) < 4.78 is 44.1. The minimum absolute atomic E-state index is 0.0234. The fourth-order valence-corrected chi connectivity index (χ4v) is 1.87. The zero-order chi connectivity index (χ0) is 10.1. The summed E-state index contributed by atoms with van der Waals surface area (Å²) in [6, 6.07) is 2.70. The first-order valence-corrected chi connectivity index (χ1v) is 5.41. The van der Waals surface area contributed by atoms with Gasteiger partial charge in [0.25, 0.3) is 0 Å². The first-order valence-electron chi connectivity index (χ1n) is 3.69. The number of rotatable bonds is 2. The third-order valence-corrected chi connectivity index (χ3v) is 3.51. The molecule has 0 spiro atoms. The maximum Gasteiger partial charge on any atom is 0.143 e. The lowest BCUT2D eigenvalue weighted by atomic mass is 10.3. The fraction of sp³-hybridized carbons (Fsp3) is 0.250. The number of nitrogens with one attached hydrogen (secondary N) is 1. The molecule has 0 aromatic heterocycles. The lowest BCUT2D eigenvalue weighted by molar-refractivity contribution is 0.561. The summed E-state index contributed by atoms with van der Waals surface area (Å²) in [5.41, 5.74) is 0. The van der Waals surface area contributed by atoms with Gasteiger partial charge in [-0.2, -0.15) is 0 Å². The van der Waals surface area contributed by atoms with Crippen LogP contribution in [0.3, 0.4) is 0 Å². The molecule has 0 bridgehead atoms. The van der Waals surface area contributed by atoms with Crippen molar-refractivity contribution in [3.63, 3.8) is 0 Å². The molecule has 13 heavy (non-hydrogen) atoms. The maximum atomic E-state index is 13.0. The van der Waals surface area contributed by atoms with E-state index >= 15 is 0 Å². The largest absolute Gasteiger partial charge is 0.249 e. The number of halogens is 2. The van der Waals surface area contributed by atoms with Crippen LogP contribution < -0.4 is 0 Å². The quantitative estimate of drug-likeness (QED) is 0.791. The minimum atomic E-state index is -3.09. The molecule has 0 aliphatic heterocycles. The van der Waals surface area contributed by atoms with Crippen LogP contribution in [0.4, 0.5) is 8.78 Å². The fourth-order valence-electron chi connectivity index (χ4n) is 0.898. The van der Waals surface area contributed by atoms with E-state index in [2.05, 4.69) is 0 Å². The Morgan fingerprint density at radius 3 is 2.54 bits per heavy atom. The van der Waals surface area contributed by atoms with Crippen molar-refractivity contribution in [2.75, 3.05) is 5.75 Å². The summed E-state index contributed by atoms with van der Waals surface area (Å²) in [5.74, 6) is -1.62. The van der Waals surface area contributed by atoms with Crippen molar-refractivity contribution < 1.29 is 13.0 Å². The van der Waals surface area contributed by atoms with Crippen molar-refractivity contribution in [1.29, 1.82) is 4.78 Å². The molecule has 0 fully saturated rings. The Labute approximate surface area is 75.6 Å². The van der Waals surface area contributed by atoms with Gasteiger partial charge >= 0.3 is 0 Å². The third-order valence-electron chi connectivity index (χ3n) is 1.66. The molecule has 5 heteroatoms. The van der Waals surface area contributed by atoms with Crippen LogP contribution in [0.15, 0.2) is 23.1 Å². The molecule has 0 aliphatic rings. The van der Waals surface area contributed by atoms with Crippen molar-refractivity contribution in [2.24, 2.45) is 0 Å². The molecule has 0 heterocycles. The average molecular weight is 205 g/mol. The van der Waals surface area contributed by atoms with Gasteiger partial charge in [-0.3, -0.25) is 0 Å². The van der Waals surface area contributed by atoms with Gasteiger partial charge in [0.1, 0.15) is 11.6 Å². The van der Waals surface area contributed by atoms with E-state index in [-0.39, 0.29) is 10.6 Å². The van der Waals surface area contributed by atoms with Crippen LogP contribution in [0.5, 0.6) is 0 Å². The van der Waals surface area contributed by atoms with Crippen LogP contribution in [0.2, 0.25) is 0 Å². The predicted octanol–water partition coefficient (Wildman–Crippen LogP) is 2.39. The van der Waals surface area contributed by atoms with Gasteiger partial charge in [0.05, 0.1) is 14.6 Å². The van der Waals surface area contributed by atoms with Crippen LogP contribution >= 0.6 is 0 Å². The highest BCUT2D eigenvalue weighted by Crippen LogP contribution is 2.17. The molecule has 0 radical (unpaired) electrons. The van der Waals surface area contributed by atoms with Crippen molar-refractivity contribution in [2.45, 2.75) is 11.8 Å². The standard InChI is InChI=1S/C8H9F2NOS/c1-2-13(11,12)8-4-3-6(9)5-7(8)10/h3-5,11H,2H2,1H3. The molecule has 0 saturated carbocycles. The molecule has 1 unspecified atom stereocenters. The molecule has 72 valence electrons. The number of hydrogen-bond donors (Lipinski definition) is 1. The molecule has 1 atom stereocenters. The van der Waals surface area contributed by atoms with Gasteiger partial charge in [-0.25, -0.2) is 17.8 Å². The molecule has 1 aromatic rings. The molecular formula is C8H9F2NOS. The predicted molar refractivity (Wildman–Crippen MR) is 46.0 cm³/mol. The van der Waals surface area contributed by atoms with E-state index in [1.165, 1.54) is 6.92 Å². The Kier molecular flexibility index (Phi) is 2.66. The molecule has 0 aliphatic carbocycles. The zero-order valence-corrected chi connectivity index (χ0v) is 7.83. The molecular weight excluding hydrogens is 196 g/mol. The number of benzene rings is 1. The van der Waals surface area contributed by atoms with E-state index in [1.54, 1.807) is 0 Å². The first kappa shape index (κ1) is 10.1. The van der Waals surface area contributed by atoms with E-state index in [0.717, 1.165) is 12.1 Å². The summed E-state index contributed by atoms with van der Waals surface area (Å²) >= 11 is 0. The first-order chi connectivity index (χ1) is 5.97. The monoisotopic (exact) mass is 205 g/mol. The highest BCUT2D eigenvalue weighted by atomic mass is 32.2. The van der Waals surface area contributed by atoms with E-state index < -0.39 is 21.4 Å². The SMILES string of the molecule is CCS(=N)(=O)c1ccc(F)cc1F. The van der Waals surface area contributed by atoms with Crippen LogP contribution in [-0.4, -0.2) is 9.96 Å². The van der Waals surface area contributed by atoms with Crippen molar-refractivity contribution in [3.8, 4) is 0 Å². The Bertz CT molecular complexity index is 414. The van der Waals surface area contributed by atoms with E-state index in [1.807, 2.05) is 0 Å². The third kappa shape index (κ3) is 2.03. The lowest BCUT2D eigenvalue weighted by Gasteiger charge is -2.05. The van der Waals surface area contributed by atoms with Crippen LogP contribution in [0.25, 0.3) is 0 Å². The van der Waals surface area contributed by atoms with Gasteiger partial charge in [0.15, 0.2) is 0 Å². The van der Waals surface area contributed by atoms with E-state index in [9.17, 15) is 13.0 Å². The Morgan fingerprint density at radius 2 is 2.08 bits per heavy atom. The molecule has 1 N–H and O–H groups in total. The molecule has 1 rings (SSSR count). The highest BCUT2D eigenvalue weighted by molar-refractivity contribution is 7.92. The second-order valence-electron chi connectivity index (χ2n) is 2.54. The lowest BCUT2D eigenvalue weighted by Crippen LogP contribution is -2.04. The van der Waals surface area contributed by atoms with Gasteiger partial charge in [-0.15, -0.1) is 0 Å². The maximum absolute atomic E-state index is 13.0. The van der Waals surface area contributed by atoms with Gasteiger partial charge < -0.3 is 0 Å². The Balaban J connectivity index is 3.33. The van der Waals surface area contributed by atoms with Gasteiger partial charge in [-0.05, 0) is 12.1 Å². The second-order valence-corrected chi connectivity index (χ2v) is 4.91. The van der Waals surface area contributed by atoms with Crippen LogP contribution in [0, 0.1) is 16.4 Å². The van der Waals surface area contributed by atoms with Crippen LogP contribution in [-0.2, 0) is 9.73 Å². The summed E-state index contributed by atoms with van der Waals surface area (Å²) in [6.07, 6.45) is 0. The Morgan fingerprint density at radius 1 is 1.46 bits per heavy atom. The van der Waals surface area contributed by atoms with Crippen molar-refractivity contribution >= 4 is 9.73 Å². The minimum Gasteiger partial charge on any atom is -0.249 e. The molecule has 2 nitrogen and oxygen atoms in total. The van der Waals surface area contributed by atoms with Gasteiger partial charge in [0, 0.05) is 11.8 Å². The van der Waals surface area contributed by atoms with Crippen LogP contribution in [0.1, 0.15) is 6.92 Å². The summed E-state index contributed by atoms with van der Waals surface area (Å²) in [7, 11) is -3.09. The smallest absolute Gasteiger partial charge is 0.143 e. The number of hydrogen-bond acceptors (Lipinski definition) is 2. The summed E-state index contributed by atoms with van der Waals surface area (Å²) in [6.45, 7) is 1.53. The summed E-state index contributed by atoms with van der Waals surface area (Å²) in [4.78, 5) is -0.226. The summed E-state index contributed by atoms with van der Waals surface area (Å²) in [5, 5.41) is 0. The van der Waals surface area contributed by atoms with E-state index in [0.29, 0.717) is 6.07 Å². The molecule has 0 saturated heterocycles. The highest BCUT2D eigenvalue weighted by Gasteiger charge is 2.13. The molecule has 0 amide bonds. The van der Waals surface area contributed by atoms with Crippen molar-refractivity contribution in [3.05, 3.63) is 29.8 Å². The van der Waals surface area contributed by atoms with Gasteiger partial charge in [0.2, 0.25) is 0 Å².